The lowest BCUT2D eigenvalue weighted by Gasteiger charge is -2.16. The average Bonchev–Trinajstić information content (AvgIpc) is 3.53. The molecule has 0 amide bonds. The quantitative estimate of drug-likeness (QED) is 0.191. The van der Waals surface area contributed by atoms with E-state index in [0.29, 0.717) is 0 Å². The minimum atomic E-state index is 0.964. The highest BCUT2D eigenvalue weighted by molar-refractivity contribution is 6.28. The van der Waals surface area contributed by atoms with Crippen molar-refractivity contribution in [3.05, 3.63) is 182 Å². The molecule has 0 saturated heterocycles. The van der Waals surface area contributed by atoms with Crippen LogP contribution in [0, 0.1) is 0 Å². The Morgan fingerprint density at radius 2 is 0.816 bits per heavy atom. The molecule has 0 saturated carbocycles. The zero-order chi connectivity index (χ0) is 32.3. The Balaban J connectivity index is 1.27. The molecule has 0 spiro atoms. The van der Waals surface area contributed by atoms with Crippen LogP contribution in [0.15, 0.2) is 182 Å². The Morgan fingerprint density at radius 1 is 0.347 bits per heavy atom. The van der Waals surface area contributed by atoms with Crippen LogP contribution in [-0.2, 0) is 0 Å². The molecule has 0 fully saturated rings. The molecule has 0 bridgehead atoms. The number of benzene rings is 8. The minimum Gasteiger partial charge on any atom is -0.309 e. The molecule has 2 aromatic heterocycles. The summed E-state index contributed by atoms with van der Waals surface area (Å²) >= 11 is 0. The van der Waals surface area contributed by atoms with E-state index in [0.717, 1.165) is 28.1 Å². The Bertz CT molecular complexity index is 2710. The van der Waals surface area contributed by atoms with Crippen molar-refractivity contribution in [2.75, 3.05) is 0 Å². The summed E-state index contributed by atoms with van der Waals surface area (Å²) in [5.41, 5.74) is 10.1. The lowest BCUT2D eigenvalue weighted by atomic mass is 9.94. The van der Waals surface area contributed by atoms with Crippen molar-refractivity contribution in [1.82, 2.24) is 9.55 Å². The van der Waals surface area contributed by atoms with Crippen molar-refractivity contribution >= 4 is 54.1 Å². The fraction of sp³-hybridized carbons (Fsp3) is 0. The maximum Gasteiger partial charge on any atom is 0.0715 e. The van der Waals surface area contributed by atoms with Gasteiger partial charge in [-0.15, -0.1) is 0 Å². The van der Waals surface area contributed by atoms with Gasteiger partial charge in [-0.1, -0.05) is 152 Å². The van der Waals surface area contributed by atoms with Crippen molar-refractivity contribution in [2.45, 2.75) is 0 Å². The van der Waals surface area contributed by atoms with Gasteiger partial charge in [-0.05, 0) is 68.4 Å². The van der Waals surface area contributed by atoms with Crippen LogP contribution in [0.1, 0.15) is 0 Å². The first-order valence-corrected chi connectivity index (χ1v) is 16.8. The largest absolute Gasteiger partial charge is 0.309 e. The molecule has 2 nitrogen and oxygen atoms in total. The van der Waals surface area contributed by atoms with Crippen LogP contribution in [0.2, 0.25) is 0 Å². The molecule has 2 heteroatoms. The molecule has 0 aliphatic rings. The summed E-state index contributed by atoms with van der Waals surface area (Å²) in [4.78, 5) is 5.15. The summed E-state index contributed by atoms with van der Waals surface area (Å²) in [6.45, 7) is 0. The maximum atomic E-state index is 5.15. The molecule has 228 valence electrons. The van der Waals surface area contributed by atoms with Gasteiger partial charge in [0.15, 0.2) is 0 Å². The molecule has 10 aromatic rings. The fourth-order valence-electron chi connectivity index (χ4n) is 7.74. The Kier molecular flexibility index (Phi) is 6.22. The van der Waals surface area contributed by atoms with Crippen LogP contribution in [0.25, 0.3) is 93.5 Å². The summed E-state index contributed by atoms with van der Waals surface area (Å²) in [6, 6.07) is 65.6. The van der Waals surface area contributed by atoms with Crippen molar-refractivity contribution in [1.29, 1.82) is 0 Å². The average molecular weight is 623 g/mol. The monoisotopic (exact) mass is 622 g/mol. The van der Waals surface area contributed by atoms with Crippen LogP contribution in [-0.4, -0.2) is 9.55 Å². The molecule has 0 atom stereocenters. The lowest BCUT2D eigenvalue weighted by Crippen LogP contribution is -1.97. The first-order chi connectivity index (χ1) is 24.3. The predicted molar refractivity (Wildman–Crippen MR) is 207 cm³/mol. The third-order valence-electron chi connectivity index (χ3n) is 9.96. The second-order valence-electron chi connectivity index (χ2n) is 12.7. The first kappa shape index (κ1) is 27.6. The van der Waals surface area contributed by atoms with Gasteiger partial charge in [-0.2, -0.15) is 0 Å². The fourth-order valence-corrected chi connectivity index (χ4v) is 7.74. The smallest absolute Gasteiger partial charge is 0.0715 e. The highest BCUT2D eigenvalue weighted by Crippen LogP contribution is 2.43. The van der Waals surface area contributed by atoms with Crippen LogP contribution in [0.3, 0.4) is 0 Å². The van der Waals surface area contributed by atoms with E-state index >= 15 is 0 Å². The molecule has 0 aliphatic carbocycles. The molecule has 8 aromatic carbocycles. The van der Waals surface area contributed by atoms with Crippen molar-refractivity contribution < 1.29 is 0 Å². The first-order valence-electron chi connectivity index (χ1n) is 16.8. The number of hydrogen-bond donors (Lipinski definition) is 0. The lowest BCUT2D eigenvalue weighted by molar-refractivity contribution is 1.20. The predicted octanol–water partition coefficient (Wildman–Crippen LogP) is 12.6. The number of rotatable bonds is 4. The molecular weight excluding hydrogens is 593 g/mol. The second-order valence-corrected chi connectivity index (χ2v) is 12.7. The molecule has 49 heavy (non-hydrogen) atoms. The van der Waals surface area contributed by atoms with Gasteiger partial charge in [0.1, 0.15) is 0 Å². The van der Waals surface area contributed by atoms with Gasteiger partial charge in [0, 0.05) is 27.3 Å². The summed E-state index contributed by atoms with van der Waals surface area (Å²) in [7, 11) is 0. The van der Waals surface area contributed by atoms with E-state index in [1.165, 1.54) is 65.4 Å². The summed E-state index contributed by atoms with van der Waals surface area (Å²) < 4.78 is 2.48. The van der Waals surface area contributed by atoms with E-state index < -0.39 is 0 Å². The zero-order valence-electron chi connectivity index (χ0n) is 26.7. The highest BCUT2D eigenvalue weighted by atomic mass is 15.0. The number of hydrogen-bond acceptors (Lipinski definition) is 1. The Labute approximate surface area is 284 Å². The summed E-state index contributed by atoms with van der Waals surface area (Å²) in [5, 5.41) is 10.1. The van der Waals surface area contributed by atoms with Gasteiger partial charge in [-0.25, -0.2) is 4.98 Å². The maximum absolute atomic E-state index is 5.15. The van der Waals surface area contributed by atoms with E-state index in [1.54, 1.807) is 0 Å². The molecule has 0 radical (unpaired) electrons. The van der Waals surface area contributed by atoms with E-state index in [9.17, 15) is 0 Å². The molecule has 0 N–H and O–H groups in total. The van der Waals surface area contributed by atoms with Crippen LogP contribution in [0.4, 0.5) is 0 Å². The highest BCUT2D eigenvalue weighted by Gasteiger charge is 2.20. The van der Waals surface area contributed by atoms with Crippen molar-refractivity contribution in [3.8, 4) is 39.3 Å². The molecule has 10 rings (SSSR count). The summed E-state index contributed by atoms with van der Waals surface area (Å²) in [5.74, 6) is 0. The third-order valence-corrected chi connectivity index (χ3v) is 9.96. The number of fused-ring (bicyclic) bond motifs is 8. The molecular formula is C47H30N2. The van der Waals surface area contributed by atoms with Crippen molar-refractivity contribution in [3.63, 3.8) is 0 Å². The zero-order valence-corrected chi connectivity index (χ0v) is 26.7. The van der Waals surface area contributed by atoms with E-state index in [4.69, 9.17) is 4.98 Å². The van der Waals surface area contributed by atoms with Crippen LogP contribution < -0.4 is 0 Å². The van der Waals surface area contributed by atoms with Gasteiger partial charge in [0.25, 0.3) is 0 Å². The topological polar surface area (TPSA) is 17.8 Å². The third kappa shape index (κ3) is 4.38. The SMILES string of the molecule is c1ccc(-c2cc(-c3ccc(-n4c5ccc6ccccc6c5c5c6ccccc6ccc54)c4ccccc34)cc(-c3ccccc3)n2)cc1. The molecule has 2 heterocycles. The summed E-state index contributed by atoms with van der Waals surface area (Å²) in [6.07, 6.45) is 0. The van der Waals surface area contributed by atoms with Gasteiger partial charge in [-0.3, -0.25) is 0 Å². The number of pyridine rings is 1. The van der Waals surface area contributed by atoms with E-state index in [2.05, 4.69) is 187 Å². The minimum absolute atomic E-state index is 0.964. The second kappa shape index (κ2) is 11.0. The number of aromatic nitrogens is 2. The Morgan fingerprint density at radius 3 is 1.37 bits per heavy atom. The van der Waals surface area contributed by atoms with Crippen molar-refractivity contribution in [2.24, 2.45) is 0 Å². The molecule has 0 aliphatic heterocycles. The molecule has 0 unspecified atom stereocenters. The van der Waals surface area contributed by atoms with Gasteiger partial charge in [0.05, 0.1) is 28.1 Å². The van der Waals surface area contributed by atoms with Crippen LogP contribution >= 0.6 is 0 Å². The van der Waals surface area contributed by atoms with Gasteiger partial charge < -0.3 is 4.57 Å². The van der Waals surface area contributed by atoms with E-state index in [-0.39, 0.29) is 0 Å². The Hall–Kier alpha value is -6.51. The standard InChI is InChI=1S/C47H30N2/c1-3-15-33(16-4-1)41-29-35(30-42(48-41)34-17-5-2-6-18-34)36-25-28-43(40-22-12-11-21-39(36)40)49-44-26-23-31-13-7-9-19-37(31)46(44)47-38-20-10-8-14-32(38)24-27-45(47)49/h1-30H. The number of nitrogens with zero attached hydrogens (tertiary/aromatic N) is 2. The van der Waals surface area contributed by atoms with E-state index in [1.807, 2.05) is 0 Å². The van der Waals surface area contributed by atoms with Gasteiger partial charge in [0.2, 0.25) is 0 Å². The normalized spacial score (nSPS) is 11.7. The van der Waals surface area contributed by atoms with Gasteiger partial charge >= 0.3 is 0 Å². The van der Waals surface area contributed by atoms with Crippen LogP contribution in [0.5, 0.6) is 0 Å².